The second kappa shape index (κ2) is 5.19. The topological polar surface area (TPSA) is 23.5 Å². The van der Waals surface area contributed by atoms with Gasteiger partial charge in [0.05, 0.1) is 6.10 Å². The van der Waals surface area contributed by atoms with Crippen molar-refractivity contribution in [3.05, 3.63) is 35.4 Å². The molecule has 0 amide bonds. The average molecular weight is 215 g/mol. The molecule has 1 aromatic carbocycles. The van der Waals surface area contributed by atoms with Crippen LogP contribution >= 0.6 is 0 Å². The molecule has 1 N–H and O–H groups in total. The van der Waals surface area contributed by atoms with E-state index < -0.39 is 17.7 Å². The van der Waals surface area contributed by atoms with Crippen molar-refractivity contribution in [3.8, 4) is 0 Å². The third-order valence-corrected chi connectivity index (χ3v) is 2.05. The largest absolute Gasteiger partial charge is 0.392 e. The minimum atomic E-state index is -0.835. The highest BCUT2D eigenvalue weighted by atomic mass is 19.2. The summed E-state index contributed by atoms with van der Waals surface area (Å²) in [6.45, 7) is 2.36. The number of halogens is 2. The number of likely N-dealkylation sites (N-methyl/N-ethyl adjacent to an activating group) is 1. The molecular formula is C11H15F2NO. The molecule has 0 radical (unpaired) electrons. The maximum Gasteiger partial charge on any atom is 0.163 e. The van der Waals surface area contributed by atoms with Gasteiger partial charge in [-0.1, -0.05) is 12.1 Å². The van der Waals surface area contributed by atoms with Gasteiger partial charge in [0.25, 0.3) is 0 Å². The van der Waals surface area contributed by atoms with Crippen LogP contribution in [0, 0.1) is 11.6 Å². The van der Waals surface area contributed by atoms with Crippen molar-refractivity contribution in [2.45, 2.75) is 19.6 Å². The van der Waals surface area contributed by atoms with Crippen molar-refractivity contribution in [2.24, 2.45) is 0 Å². The summed E-state index contributed by atoms with van der Waals surface area (Å²) in [7, 11) is 1.75. The van der Waals surface area contributed by atoms with Crippen LogP contribution in [0.1, 0.15) is 12.5 Å². The monoisotopic (exact) mass is 215 g/mol. The number of hydrogen-bond donors (Lipinski definition) is 1. The number of nitrogens with zero attached hydrogens (tertiary/aromatic N) is 1. The molecule has 84 valence electrons. The summed E-state index contributed by atoms with van der Waals surface area (Å²) in [5.74, 6) is -1.65. The number of hydrogen-bond acceptors (Lipinski definition) is 2. The number of aliphatic hydroxyl groups is 1. The molecule has 15 heavy (non-hydrogen) atoms. The molecule has 0 saturated heterocycles. The molecule has 1 rings (SSSR count). The van der Waals surface area contributed by atoms with Crippen molar-refractivity contribution in [1.82, 2.24) is 4.90 Å². The zero-order chi connectivity index (χ0) is 11.4. The van der Waals surface area contributed by atoms with Crippen LogP contribution in [0.2, 0.25) is 0 Å². The van der Waals surface area contributed by atoms with Crippen LogP contribution in [0.15, 0.2) is 18.2 Å². The summed E-state index contributed by atoms with van der Waals surface area (Å²) in [5.41, 5.74) is 0.304. The van der Waals surface area contributed by atoms with Crippen LogP contribution in [0.25, 0.3) is 0 Å². The SMILES string of the molecule is CC(O)CN(C)Cc1cccc(F)c1F. The molecule has 1 aromatic rings. The van der Waals surface area contributed by atoms with Gasteiger partial charge in [-0.05, 0) is 20.0 Å². The van der Waals surface area contributed by atoms with Gasteiger partial charge in [-0.2, -0.15) is 0 Å². The fraction of sp³-hybridized carbons (Fsp3) is 0.455. The highest BCUT2D eigenvalue weighted by Crippen LogP contribution is 2.13. The molecule has 0 aliphatic rings. The summed E-state index contributed by atoms with van der Waals surface area (Å²) < 4.78 is 26.1. The molecule has 0 heterocycles. The molecule has 0 spiro atoms. The van der Waals surface area contributed by atoms with E-state index in [0.717, 1.165) is 6.07 Å². The summed E-state index contributed by atoms with van der Waals surface area (Å²) in [6, 6.07) is 4.11. The van der Waals surface area contributed by atoms with Gasteiger partial charge in [0.15, 0.2) is 11.6 Å². The lowest BCUT2D eigenvalue weighted by molar-refractivity contribution is 0.137. The second-order valence-electron chi connectivity index (χ2n) is 3.76. The Morgan fingerprint density at radius 1 is 1.40 bits per heavy atom. The van der Waals surface area contributed by atoms with Crippen LogP contribution < -0.4 is 0 Å². The molecule has 0 aliphatic heterocycles. The van der Waals surface area contributed by atoms with Crippen LogP contribution in [0.3, 0.4) is 0 Å². The number of rotatable bonds is 4. The van der Waals surface area contributed by atoms with Crippen molar-refractivity contribution < 1.29 is 13.9 Å². The van der Waals surface area contributed by atoms with E-state index in [-0.39, 0.29) is 6.54 Å². The average Bonchev–Trinajstić information content (AvgIpc) is 2.11. The highest BCUT2D eigenvalue weighted by molar-refractivity contribution is 5.18. The lowest BCUT2D eigenvalue weighted by Crippen LogP contribution is -2.27. The molecule has 4 heteroatoms. The van der Waals surface area contributed by atoms with Gasteiger partial charge in [0.1, 0.15) is 0 Å². The first-order valence-corrected chi connectivity index (χ1v) is 4.80. The Labute approximate surface area is 88.1 Å². The Hall–Kier alpha value is -1.00. The highest BCUT2D eigenvalue weighted by Gasteiger charge is 2.10. The van der Waals surface area contributed by atoms with E-state index in [1.54, 1.807) is 18.9 Å². The molecule has 1 unspecified atom stereocenters. The van der Waals surface area contributed by atoms with E-state index in [0.29, 0.717) is 12.1 Å². The normalized spacial score (nSPS) is 13.2. The van der Waals surface area contributed by atoms with E-state index in [2.05, 4.69) is 0 Å². The van der Waals surface area contributed by atoms with Gasteiger partial charge in [0.2, 0.25) is 0 Å². The number of benzene rings is 1. The Balaban J connectivity index is 2.68. The smallest absolute Gasteiger partial charge is 0.163 e. The minimum absolute atomic E-state index is 0.286. The minimum Gasteiger partial charge on any atom is -0.392 e. The third-order valence-electron chi connectivity index (χ3n) is 2.05. The zero-order valence-corrected chi connectivity index (χ0v) is 8.87. The van der Waals surface area contributed by atoms with Crippen LogP contribution in [0.4, 0.5) is 8.78 Å². The van der Waals surface area contributed by atoms with Crippen molar-refractivity contribution in [2.75, 3.05) is 13.6 Å². The van der Waals surface area contributed by atoms with Crippen LogP contribution in [-0.4, -0.2) is 29.7 Å². The zero-order valence-electron chi connectivity index (χ0n) is 8.87. The molecule has 0 bridgehead atoms. The van der Waals surface area contributed by atoms with E-state index >= 15 is 0 Å². The Bertz CT molecular complexity index is 328. The Morgan fingerprint density at radius 3 is 2.67 bits per heavy atom. The molecular weight excluding hydrogens is 200 g/mol. The van der Waals surface area contributed by atoms with Crippen molar-refractivity contribution in [3.63, 3.8) is 0 Å². The summed E-state index contributed by atoms with van der Waals surface area (Å²) in [6.07, 6.45) is -0.480. The third kappa shape index (κ3) is 3.57. The van der Waals surface area contributed by atoms with Crippen LogP contribution in [0.5, 0.6) is 0 Å². The van der Waals surface area contributed by atoms with Gasteiger partial charge in [-0.3, -0.25) is 4.90 Å². The fourth-order valence-corrected chi connectivity index (χ4v) is 1.48. The maximum absolute atomic E-state index is 13.2. The molecule has 1 atom stereocenters. The van der Waals surface area contributed by atoms with E-state index in [4.69, 9.17) is 5.11 Å². The molecule has 2 nitrogen and oxygen atoms in total. The van der Waals surface area contributed by atoms with Crippen LogP contribution in [-0.2, 0) is 6.54 Å². The van der Waals surface area contributed by atoms with Gasteiger partial charge in [0, 0.05) is 18.7 Å². The van der Waals surface area contributed by atoms with Gasteiger partial charge in [-0.15, -0.1) is 0 Å². The summed E-state index contributed by atoms with van der Waals surface area (Å²) >= 11 is 0. The molecule has 0 aliphatic carbocycles. The standard InChI is InChI=1S/C11H15F2NO/c1-8(15)6-14(2)7-9-4-3-5-10(12)11(9)13/h3-5,8,15H,6-7H2,1-2H3. The maximum atomic E-state index is 13.2. The van der Waals surface area contributed by atoms with E-state index in [1.807, 2.05) is 0 Å². The lowest BCUT2D eigenvalue weighted by Gasteiger charge is -2.18. The molecule has 0 aromatic heterocycles. The first-order valence-electron chi connectivity index (χ1n) is 4.80. The fourth-order valence-electron chi connectivity index (χ4n) is 1.48. The summed E-state index contributed by atoms with van der Waals surface area (Å²) in [5, 5.41) is 9.12. The first kappa shape index (κ1) is 12.1. The van der Waals surface area contributed by atoms with Crippen molar-refractivity contribution in [1.29, 1.82) is 0 Å². The Kier molecular flexibility index (Phi) is 4.17. The predicted molar refractivity (Wildman–Crippen MR) is 54.4 cm³/mol. The Morgan fingerprint density at radius 2 is 2.07 bits per heavy atom. The lowest BCUT2D eigenvalue weighted by atomic mass is 10.2. The summed E-state index contributed by atoms with van der Waals surface area (Å²) in [4.78, 5) is 1.74. The first-order chi connectivity index (χ1) is 7.00. The predicted octanol–water partition coefficient (Wildman–Crippen LogP) is 1.78. The molecule has 0 saturated carbocycles. The quantitative estimate of drug-likeness (QED) is 0.827. The van der Waals surface area contributed by atoms with Gasteiger partial charge >= 0.3 is 0 Å². The van der Waals surface area contributed by atoms with E-state index in [1.165, 1.54) is 12.1 Å². The number of aliphatic hydroxyl groups excluding tert-OH is 1. The van der Waals surface area contributed by atoms with Gasteiger partial charge in [-0.25, -0.2) is 8.78 Å². The second-order valence-corrected chi connectivity index (χ2v) is 3.76. The molecule has 0 fully saturated rings. The van der Waals surface area contributed by atoms with Gasteiger partial charge < -0.3 is 5.11 Å². The van der Waals surface area contributed by atoms with Crippen molar-refractivity contribution >= 4 is 0 Å². The van der Waals surface area contributed by atoms with E-state index in [9.17, 15) is 8.78 Å².